The van der Waals surface area contributed by atoms with Gasteiger partial charge in [-0.25, -0.2) is 24.1 Å². The van der Waals surface area contributed by atoms with Crippen LogP contribution in [0.5, 0.6) is 0 Å². The molecule has 2 aromatic heterocycles. The van der Waals surface area contributed by atoms with Crippen LogP contribution < -0.4 is 5.73 Å². The standard InChI is InChI=1S/C20H25FN6O2.ClH/c1-5-27(20(28)29)14(11(2)3)10-15-23-17(22)16-19(24-15)26(4)18(25-16)12-7-6-8-13(21)9-12;/h6-9,11,14H,5,10H2,1-4H3,(H,28,29)(H2,22,23,24);1H. The number of halogens is 2. The van der Waals surface area contributed by atoms with E-state index < -0.39 is 6.09 Å². The number of aryl methyl sites for hydroxylation is 1. The molecule has 162 valence electrons. The van der Waals surface area contributed by atoms with Crippen molar-refractivity contribution in [1.29, 1.82) is 0 Å². The van der Waals surface area contributed by atoms with E-state index in [0.29, 0.717) is 41.3 Å². The lowest BCUT2D eigenvalue weighted by Crippen LogP contribution is -2.44. The second kappa shape index (κ2) is 9.25. The monoisotopic (exact) mass is 436 g/mol. The fourth-order valence-electron chi connectivity index (χ4n) is 3.51. The molecule has 3 N–H and O–H groups in total. The quantitative estimate of drug-likeness (QED) is 0.609. The van der Waals surface area contributed by atoms with E-state index in [9.17, 15) is 14.3 Å². The van der Waals surface area contributed by atoms with Crippen molar-refractivity contribution in [3.8, 4) is 11.4 Å². The highest BCUT2D eigenvalue weighted by atomic mass is 35.5. The highest BCUT2D eigenvalue weighted by molar-refractivity contribution is 5.86. The zero-order valence-corrected chi connectivity index (χ0v) is 18.1. The minimum atomic E-state index is -0.978. The molecule has 0 saturated heterocycles. The van der Waals surface area contributed by atoms with Gasteiger partial charge in [-0.05, 0) is 25.0 Å². The van der Waals surface area contributed by atoms with Gasteiger partial charge in [-0.3, -0.25) is 0 Å². The van der Waals surface area contributed by atoms with Crippen molar-refractivity contribution < 1.29 is 14.3 Å². The van der Waals surface area contributed by atoms with Gasteiger partial charge in [0.1, 0.15) is 17.5 Å². The van der Waals surface area contributed by atoms with Crippen LogP contribution in [0.3, 0.4) is 0 Å². The van der Waals surface area contributed by atoms with Crippen LogP contribution >= 0.6 is 12.4 Å². The summed E-state index contributed by atoms with van der Waals surface area (Å²) < 4.78 is 15.4. The molecule has 0 spiro atoms. The number of hydrogen-bond acceptors (Lipinski definition) is 5. The molecular formula is C20H26ClFN6O2. The molecule has 1 unspecified atom stereocenters. The predicted octanol–water partition coefficient (Wildman–Crippen LogP) is 3.74. The van der Waals surface area contributed by atoms with Crippen molar-refractivity contribution >= 4 is 35.5 Å². The summed E-state index contributed by atoms with van der Waals surface area (Å²) in [5.74, 6) is 0.897. The Morgan fingerprint density at radius 1 is 1.30 bits per heavy atom. The molecule has 0 aliphatic heterocycles. The molecule has 8 nitrogen and oxygen atoms in total. The number of nitrogen functional groups attached to an aromatic ring is 1. The molecule has 0 bridgehead atoms. The molecular weight excluding hydrogens is 411 g/mol. The maximum Gasteiger partial charge on any atom is 0.407 e. The number of nitrogens with two attached hydrogens (primary N) is 1. The molecule has 30 heavy (non-hydrogen) atoms. The van der Waals surface area contributed by atoms with Gasteiger partial charge in [0, 0.05) is 31.6 Å². The van der Waals surface area contributed by atoms with Crippen LogP contribution in [-0.4, -0.2) is 48.2 Å². The fraction of sp³-hybridized carbons (Fsp3) is 0.400. The largest absolute Gasteiger partial charge is 0.465 e. The summed E-state index contributed by atoms with van der Waals surface area (Å²) in [6.07, 6.45) is -0.646. The van der Waals surface area contributed by atoms with Crippen molar-refractivity contribution in [2.75, 3.05) is 12.3 Å². The fourth-order valence-corrected chi connectivity index (χ4v) is 3.51. The van der Waals surface area contributed by atoms with Gasteiger partial charge in [-0.15, -0.1) is 12.4 Å². The van der Waals surface area contributed by atoms with E-state index in [1.807, 2.05) is 13.8 Å². The van der Waals surface area contributed by atoms with Crippen LogP contribution in [0, 0.1) is 11.7 Å². The van der Waals surface area contributed by atoms with Gasteiger partial charge in [-0.1, -0.05) is 26.0 Å². The minimum Gasteiger partial charge on any atom is -0.465 e. The van der Waals surface area contributed by atoms with E-state index in [1.54, 1.807) is 30.7 Å². The molecule has 0 saturated carbocycles. The van der Waals surface area contributed by atoms with Gasteiger partial charge in [-0.2, -0.15) is 0 Å². The number of amides is 1. The number of likely N-dealkylation sites (N-methyl/N-ethyl adjacent to an activating group) is 1. The summed E-state index contributed by atoms with van der Waals surface area (Å²) in [5, 5.41) is 9.51. The van der Waals surface area contributed by atoms with Gasteiger partial charge in [0.25, 0.3) is 0 Å². The number of nitrogens with zero attached hydrogens (tertiary/aromatic N) is 5. The van der Waals surface area contributed by atoms with Crippen molar-refractivity contribution in [1.82, 2.24) is 24.4 Å². The van der Waals surface area contributed by atoms with Gasteiger partial charge in [0.15, 0.2) is 17.0 Å². The highest BCUT2D eigenvalue weighted by Crippen LogP contribution is 2.26. The molecule has 0 radical (unpaired) electrons. The van der Waals surface area contributed by atoms with Crippen molar-refractivity contribution in [3.63, 3.8) is 0 Å². The lowest BCUT2D eigenvalue weighted by Gasteiger charge is -2.31. The van der Waals surface area contributed by atoms with Crippen LogP contribution in [0.15, 0.2) is 24.3 Å². The Hall–Kier alpha value is -2.94. The zero-order chi connectivity index (χ0) is 21.3. The Kier molecular flexibility index (Phi) is 7.20. The number of carbonyl (C=O) groups is 1. The number of aromatic nitrogens is 4. The Bertz CT molecular complexity index is 1060. The first-order chi connectivity index (χ1) is 13.7. The minimum absolute atomic E-state index is 0. The Balaban J connectivity index is 0.00000320. The normalized spacial score (nSPS) is 12.1. The first-order valence-electron chi connectivity index (χ1n) is 9.47. The van der Waals surface area contributed by atoms with Crippen molar-refractivity contribution in [3.05, 3.63) is 35.9 Å². The van der Waals surface area contributed by atoms with E-state index in [1.165, 1.54) is 17.0 Å². The van der Waals surface area contributed by atoms with Gasteiger partial charge in [0.05, 0.1) is 0 Å². The van der Waals surface area contributed by atoms with E-state index in [4.69, 9.17) is 5.73 Å². The summed E-state index contributed by atoms with van der Waals surface area (Å²) in [6.45, 7) is 6.09. The lowest BCUT2D eigenvalue weighted by molar-refractivity contribution is 0.112. The Morgan fingerprint density at radius 3 is 2.57 bits per heavy atom. The topological polar surface area (TPSA) is 110 Å². The molecule has 1 aromatic carbocycles. The van der Waals surface area contributed by atoms with Gasteiger partial charge < -0.3 is 20.3 Å². The zero-order valence-electron chi connectivity index (χ0n) is 17.3. The molecule has 10 heteroatoms. The van der Waals surface area contributed by atoms with E-state index in [2.05, 4.69) is 15.0 Å². The first kappa shape index (κ1) is 23.3. The average molecular weight is 437 g/mol. The summed E-state index contributed by atoms with van der Waals surface area (Å²) >= 11 is 0. The van der Waals surface area contributed by atoms with Crippen LogP contribution in [0.1, 0.15) is 26.6 Å². The number of rotatable bonds is 6. The number of carboxylic acid groups (broad SMARTS) is 1. The Morgan fingerprint density at radius 2 is 2.00 bits per heavy atom. The van der Waals surface area contributed by atoms with Crippen LogP contribution in [0.25, 0.3) is 22.6 Å². The van der Waals surface area contributed by atoms with E-state index >= 15 is 0 Å². The van der Waals surface area contributed by atoms with E-state index in [-0.39, 0.29) is 36.0 Å². The number of benzene rings is 1. The van der Waals surface area contributed by atoms with Crippen LogP contribution in [-0.2, 0) is 13.5 Å². The van der Waals surface area contributed by atoms with E-state index in [0.717, 1.165) is 0 Å². The first-order valence-corrected chi connectivity index (χ1v) is 9.47. The summed E-state index contributed by atoms with van der Waals surface area (Å²) in [7, 11) is 1.78. The Labute approximate surface area is 180 Å². The average Bonchev–Trinajstić information content (AvgIpc) is 2.98. The molecule has 3 aromatic rings. The summed E-state index contributed by atoms with van der Waals surface area (Å²) in [6, 6.07) is 5.85. The molecule has 0 fully saturated rings. The molecule has 0 aliphatic carbocycles. The van der Waals surface area contributed by atoms with Crippen LogP contribution in [0.4, 0.5) is 15.0 Å². The van der Waals surface area contributed by atoms with Gasteiger partial charge >= 0.3 is 6.09 Å². The second-order valence-electron chi connectivity index (χ2n) is 7.29. The maximum atomic E-state index is 13.6. The SMILES string of the molecule is CCN(C(=O)O)C(Cc1nc(N)c2nc(-c3cccc(F)c3)n(C)c2n1)C(C)C.Cl. The smallest absolute Gasteiger partial charge is 0.407 e. The number of imidazole rings is 1. The number of anilines is 1. The summed E-state index contributed by atoms with van der Waals surface area (Å²) in [5.41, 5.74) is 7.70. The summed E-state index contributed by atoms with van der Waals surface area (Å²) in [4.78, 5) is 26.4. The second-order valence-corrected chi connectivity index (χ2v) is 7.29. The van der Waals surface area contributed by atoms with Crippen molar-refractivity contribution in [2.45, 2.75) is 33.2 Å². The molecule has 2 heterocycles. The molecule has 1 atom stereocenters. The third-order valence-corrected chi connectivity index (χ3v) is 5.02. The number of hydrogen-bond donors (Lipinski definition) is 2. The third-order valence-electron chi connectivity index (χ3n) is 5.02. The predicted molar refractivity (Wildman–Crippen MR) is 116 cm³/mol. The van der Waals surface area contributed by atoms with Crippen molar-refractivity contribution in [2.24, 2.45) is 13.0 Å². The van der Waals surface area contributed by atoms with Crippen LogP contribution in [0.2, 0.25) is 0 Å². The molecule has 0 aliphatic rings. The van der Waals surface area contributed by atoms with Gasteiger partial charge in [0.2, 0.25) is 0 Å². The third kappa shape index (κ3) is 4.46. The molecule has 1 amide bonds. The maximum absolute atomic E-state index is 13.6. The molecule has 3 rings (SSSR count). The number of fused-ring (bicyclic) bond motifs is 1. The highest BCUT2D eigenvalue weighted by Gasteiger charge is 2.27. The lowest BCUT2D eigenvalue weighted by atomic mass is 9.99.